The van der Waals surface area contributed by atoms with Crippen LogP contribution in [0.2, 0.25) is 0 Å². The summed E-state index contributed by atoms with van der Waals surface area (Å²) in [5, 5.41) is 0. The quantitative estimate of drug-likeness (QED) is 0.543. The minimum absolute atomic E-state index is 0.646. The highest BCUT2D eigenvalue weighted by Gasteiger charge is 2.46. The SMILES string of the molecule is C[C@]12CCCCC1CCC1=CC=CCC12. The van der Waals surface area contributed by atoms with Gasteiger partial charge < -0.3 is 0 Å². The molecule has 0 aromatic heterocycles. The fourth-order valence-electron chi connectivity index (χ4n) is 4.33. The summed E-state index contributed by atoms with van der Waals surface area (Å²) in [4.78, 5) is 0. The van der Waals surface area contributed by atoms with Gasteiger partial charge in [-0.2, -0.15) is 0 Å². The van der Waals surface area contributed by atoms with E-state index in [1.165, 1.54) is 44.9 Å². The average molecular weight is 202 g/mol. The van der Waals surface area contributed by atoms with Gasteiger partial charge in [-0.05, 0) is 49.4 Å². The molecule has 82 valence electrons. The van der Waals surface area contributed by atoms with Crippen LogP contribution in [0.5, 0.6) is 0 Å². The van der Waals surface area contributed by atoms with Gasteiger partial charge in [-0.25, -0.2) is 0 Å². The van der Waals surface area contributed by atoms with E-state index in [9.17, 15) is 0 Å². The molecule has 0 bridgehead atoms. The molecule has 0 aliphatic heterocycles. The number of fused-ring (bicyclic) bond motifs is 3. The molecule has 0 amide bonds. The summed E-state index contributed by atoms with van der Waals surface area (Å²) in [5.74, 6) is 1.92. The van der Waals surface area contributed by atoms with Gasteiger partial charge in [-0.1, -0.05) is 43.6 Å². The van der Waals surface area contributed by atoms with Crippen molar-refractivity contribution in [2.24, 2.45) is 17.3 Å². The summed E-state index contributed by atoms with van der Waals surface area (Å²) in [7, 11) is 0. The average Bonchev–Trinajstić information content (AvgIpc) is 2.29. The highest BCUT2D eigenvalue weighted by Crippen LogP contribution is 2.56. The molecule has 2 unspecified atom stereocenters. The summed E-state index contributed by atoms with van der Waals surface area (Å²) in [6.45, 7) is 2.58. The Bertz CT molecular complexity index is 310. The summed E-state index contributed by atoms with van der Waals surface area (Å²) >= 11 is 0. The van der Waals surface area contributed by atoms with Gasteiger partial charge in [0.25, 0.3) is 0 Å². The Morgan fingerprint density at radius 1 is 1.27 bits per heavy atom. The van der Waals surface area contributed by atoms with Crippen LogP contribution >= 0.6 is 0 Å². The zero-order valence-corrected chi connectivity index (χ0v) is 9.84. The van der Waals surface area contributed by atoms with Crippen molar-refractivity contribution in [3.05, 3.63) is 23.8 Å². The third kappa shape index (κ3) is 1.41. The minimum Gasteiger partial charge on any atom is -0.0839 e. The first-order valence-corrected chi connectivity index (χ1v) is 6.66. The Morgan fingerprint density at radius 3 is 3.13 bits per heavy atom. The maximum atomic E-state index is 2.58. The Labute approximate surface area is 93.5 Å². The lowest BCUT2D eigenvalue weighted by atomic mass is 9.53. The van der Waals surface area contributed by atoms with E-state index in [4.69, 9.17) is 0 Å². The predicted molar refractivity (Wildman–Crippen MR) is 64.6 cm³/mol. The first-order chi connectivity index (χ1) is 7.31. The van der Waals surface area contributed by atoms with Gasteiger partial charge in [-0.15, -0.1) is 0 Å². The van der Waals surface area contributed by atoms with Crippen molar-refractivity contribution < 1.29 is 0 Å². The van der Waals surface area contributed by atoms with Crippen molar-refractivity contribution in [1.82, 2.24) is 0 Å². The van der Waals surface area contributed by atoms with E-state index < -0.39 is 0 Å². The largest absolute Gasteiger partial charge is 0.0839 e. The Balaban J connectivity index is 1.93. The van der Waals surface area contributed by atoms with Gasteiger partial charge in [0.2, 0.25) is 0 Å². The number of allylic oxidation sites excluding steroid dienone is 4. The van der Waals surface area contributed by atoms with E-state index in [0.717, 1.165) is 11.8 Å². The highest BCUT2D eigenvalue weighted by molar-refractivity contribution is 5.26. The molecule has 0 aromatic rings. The first kappa shape index (κ1) is 9.69. The molecule has 0 heterocycles. The molecule has 3 atom stereocenters. The normalized spacial score (nSPS) is 44.2. The van der Waals surface area contributed by atoms with Crippen LogP contribution in [0.25, 0.3) is 0 Å². The molecule has 3 rings (SSSR count). The second-order valence-corrected chi connectivity index (χ2v) is 5.95. The van der Waals surface area contributed by atoms with Gasteiger partial charge in [0.15, 0.2) is 0 Å². The molecule has 0 saturated heterocycles. The maximum Gasteiger partial charge on any atom is -0.0109 e. The lowest BCUT2D eigenvalue weighted by Gasteiger charge is -2.52. The maximum absolute atomic E-state index is 2.58. The fourth-order valence-corrected chi connectivity index (χ4v) is 4.33. The fraction of sp³-hybridized carbons (Fsp3) is 0.733. The van der Waals surface area contributed by atoms with Crippen molar-refractivity contribution in [2.45, 2.75) is 51.9 Å². The minimum atomic E-state index is 0.646. The van der Waals surface area contributed by atoms with Crippen molar-refractivity contribution in [3.63, 3.8) is 0 Å². The second-order valence-electron chi connectivity index (χ2n) is 5.95. The molecule has 0 nitrogen and oxygen atoms in total. The molecule has 2 fully saturated rings. The van der Waals surface area contributed by atoms with Crippen molar-refractivity contribution in [2.75, 3.05) is 0 Å². The lowest BCUT2D eigenvalue weighted by Crippen LogP contribution is -2.42. The highest BCUT2D eigenvalue weighted by atomic mass is 14.5. The molecule has 0 heteroatoms. The van der Waals surface area contributed by atoms with Crippen molar-refractivity contribution >= 4 is 0 Å². The van der Waals surface area contributed by atoms with Crippen LogP contribution in [0.1, 0.15) is 51.9 Å². The standard InChI is InChI=1S/C15H22/c1-15-11-5-4-7-13(15)10-9-12-6-2-3-8-14(12)15/h2-3,6,13-14H,4-5,7-11H2,1H3/t13?,14?,15-/m0/s1. The van der Waals surface area contributed by atoms with Crippen LogP contribution in [0.4, 0.5) is 0 Å². The van der Waals surface area contributed by atoms with Crippen LogP contribution in [0.3, 0.4) is 0 Å². The Kier molecular flexibility index (Phi) is 2.26. The summed E-state index contributed by atoms with van der Waals surface area (Å²) in [6.07, 6.45) is 17.2. The van der Waals surface area contributed by atoms with E-state index in [0.29, 0.717) is 5.41 Å². The van der Waals surface area contributed by atoms with E-state index in [1.54, 1.807) is 5.57 Å². The van der Waals surface area contributed by atoms with Gasteiger partial charge in [0.05, 0.1) is 0 Å². The molecular weight excluding hydrogens is 180 g/mol. The summed E-state index contributed by atoms with van der Waals surface area (Å²) in [5.41, 5.74) is 2.41. The molecule has 0 aromatic carbocycles. The smallest absolute Gasteiger partial charge is 0.0109 e. The monoisotopic (exact) mass is 202 g/mol. The molecule has 2 saturated carbocycles. The zero-order valence-electron chi connectivity index (χ0n) is 9.84. The van der Waals surface area contributed by atoms with Crippen LogP contribution in [-0.2, 0) is 0 Å². The van der Waals surface area contributed by atoms with Crippen LogP contribution in [-0.4, -0.2) is 0 Å². The van der Waals surface area contributed by atoms with Gasteiger partial charge in [0, 0.05) is 0 Å². The predicted octanol–water partition coefficient (Wildman–Crippen LogP) is 4.48. The van der Waals surface area contributed by atoms with E-state index in [1.807, 2.05) is 0 Å². The molecule has 0 N–H and O–H groups in total. The van der Waals surface area contributed by atoms with E-state index in [2.05, 4.69) is 25.2 Å². The number of hydrogen-bond donors (Lipinski definition) is 0. The molecule has 3 aliphatic carbocycles. The first-order valence-electron chi connectivity index (χ1n) is 6.66. The van der Waals surface area contributed by atoms with Crippen LogP contribution in [0, 0.1) is 17.3 Å². The molecule has 15 heavy (non-hydrogen) atoms. The molecule has 3 aliphatic rings. The number of rotatable bonds is 0. The number of hydrogen-bond acceptors (Lipinski definition) is 0. The zero-order chi connectivity index (χ0) is 10.3. The summed E-state index contributed by atoms with van der Waals surface area (Å²) < 4.78 is 0. The van der Waals surface area contributed by atoms with Crippen LogP contribution in [0.15, 0.2) is 23.8 Å². The topological polar surface area (TPSA) is 0 Å². The van der Waals surface area contributed by atoms with Gasteiger partial charge in [0.1, 0.15) is 0 Å². The van der Waals surface area contributed by atoms with Gasteiger partial charge >= 0.3 is 0 Å². The third-order valence-corrected chi connectivity index (χ3v) is 5.29. The lowest BCUT2D eigenvalue weighted by molar-refractivity contribution is 0.0327. The molecular formula is C15H22. The van der Waals surface area contributed by atoms with Crippen molar-refractivity contribution in [3.8, 4) is 0 Å². The third-order valence-electron chi connectivity index (χ3n) is 5.29. The van der Waals surface area contributed by atoms with Crippen LogP contribution < -0.4 is 0 Å². The summed E-state index contributed by atoms with van der Waals surface area (Å²) in [6, 6.07) is 0. The second kappa shape index (κ2) is 3.50. The van der Waals surface area contributed by atoms with Gasteiger partial charge in [-0.3, -0.25) is 0 Å². The van der Waals surface area contributed by atoms with E-state index >= 15 is 0 Å². The molecule has 0 radical (unpaired) electrons. The molecule has 0 spiro atoms. The van der Waals surface area contributed by atoms with E-state index in [-0.39, 0.29) is 0 Å². The Hall–Kier alpha value is -0.520. The van der Waals surface area contributed by atoms with Crippen molar-refractivity contribution in [1.29, 1.82) is 0 Å². The Morgan fingerprint density at radius 2 is 2.20 bits per heavy atom.